The average molecular weight is 487 g/mol. The summed E-state index contributed by atoms with van der Waals surface area (Å²) in [6.07, 6.45) is 1.55. The fraction of sp³-hybridized carbons (Fsp3) is 0.316. The first-order valence-corrected chi connectivity index (χ1v) is 11.1. The third kappa shape index (κ3) is 3.46. The van der Waals surface area contributed by atoms with E-state index in [-0.39, 0.29) is 0 Å². The summed E-state index contributed by atoms with van der Waals surface area (Å²) in [5.74, 6) is 0.806. The molecule has 0 aliphatic carbocycles. The molecule has 11 heteroatoms. The number of nitrogens with zero attached hydrogens (tertiary/aromatic N) is 8. The van der Waals surface area contributed by atoms with Crippen LogP contribution in [0.2, 0.25) is 0 Å². The van der Waals surface area contributed by atoms with Crippen molar-refractivity contribution in [3.63, 3.8) is 0 Å². The summed E-state index contributed by atoms with van der Waals surface area (Å²) < 4.78 is 10.0. The minimum absolute atomic E-state index is 0.679. The van der Waals surface area contributed by atoms with Crippen molar-refractivity contribution in [3.8, 4) is 5.69 Å². The summed E-state index contributed by atoms with van der Waals surface area (Å²) in [5, 5.41) is 15.8. The Balaban J connectivity index is 1.62. The van der Waals surface area contributed by atoms with Crippen molar-refractivity contribution in [2.24, 2.45) is 7.05 Å². The van der Waals surface area contributed by atoms with Crippen LogP contribution in [0.3, 0.4) is 0 Å². The molecule has 1 saturated heterocycles. The third-order valence-electron chi connectivity index (χ3n) is 4.93. The minimum atomic E-state index is 0.679. The van der Waals surface area contributed by atoms with Crippen LogP contribution in [0.5, 0.6) is 0 Å². The van der Waals surface area contributed by atoms with Crippen LogP contribution in [0.25, 0.3) is 16.7 Å². The molecule has 0 unspecified atom stereocenters. The van der Waals surface area contributed by atoms with Gasteiger partial charge in [-0.05, 0) is 46.7 Å². The SMILES string of the molecule is Cc1ccc(-n2c(Sc3ncnc4c3c(Br)nn4C)nnc2N2CCOCC2)cc1. The Morgan fingerprint density at radius 3 is 2.60 bits per heavy atom. The van der Waals surface area contributed by atoms with Gasteiger partial charge in [-0.3, -0.25) is 4.57 Å². The molecule has 0 radical (unpaired) electrons. The van der Waals surface area contributed by atoms with E-state index in [1.54, 1.807) is 11.0 Å². The van der Waals surface area contributed by atoms with Crippen LogP contribution < -0.4 is 4.90 Å². The van der Waals surface area contributed by atoms with Crippen molar-refractivity contribution < 1.29 is 4.74 Å². The zero-order valence-electron chi connectivity index (χ0n) is 16.5. The lowest BCUT2D eigenvalue weighted by Crippen LogP contribution is -2.37. The highest BCUT2D eigenvalue weighted by molar-refractivity contribution is 9.10. The lowest BCUT2D eigenvalue weighted by molar-refractivity contribution is 0.122. The second-order valence-electron chi connectivity index (χ2n) is 6.95. The van der Waals surface area contributed by atoms with Gasteiger partial charge >= 0.3 is 0 Å². The fourth-order valence-corrected chi connectivity index (χ4v) is 5.05. The van der Waals surface area contributed by atoms with Crippen molar-refractivity contribution in [1.82, 2.24) is 34.5 Å². The second-order valence-corrected chi connectivity index (χ2v) is 8.65. The molecule has 0 saturated carbocycles. The Hall–Kier alpha value is -2.50. The second kappa shape index (κ2) is 7.97. The number of benzene rings is 1. The first kappa shape index (κ1) is 19.5. The number of halogens is 1. The summed E-state index contributed by atoms with van der Waals surface area (Å²) in [7, 11) is 1.86. The summed E-state index contributed by atoms with van der Waals surface area (Å²) >= 11 is 4.98. The monoisotopic (exact) mass is 486 g/mol. The molecular weight excluding hydrogens is 468 g/mol. The smallest absolute Gasteiger partial charge is 0.232 e. The minimum Gasteiger partial charge on any atom is -0.378 e. The Morgan fingerprint density at radius 2 is 1.83 bits per heavy atom. The molecule has 0 spiro atoms. The number of hydrogen-bond donors (Lipinski definition) is 0. The number of anilines is 1. The van der Waals surface area contributed by atoms with Crippen molar-refractivity contribution in [1.29, 1.82) is 0 Å². The van der Waals surface area contributed by atoms with E-state index in [4.69, 9.17) is 4.74 Å². The first-order chi connectivity index (χ1) is 14.6. The van der Waals surface area contributed by atoms with Gasteiger partial charge in [-0.15, -0.1) is 10.2 Å². The predicted octanol–water partition coefficient (Wildman–Crippen LogP) is 3.00. The highest BCUT2D eigenvalue weighted by atomic mass is 79.9. The topological polar surface area (TPSA) is 86.8 Å². The molecule has 5 rings (SSSR count). The van der Waals surface area contributed by atoms with Crippen LogP contribution in [-0.4, -0.2) is 60.8 Å². The third-order valence-corrected chi connectivity index (χ3v) is 6.44. The van der Waals surface area contributed by atoms with Gasteiger partial charge in [-0.1, -0.05) is 17.7 Å². The molecule has 1 aliphatic rings. The van der Waals surface area contributed by atoms with E-state index < -0.39 is 0 Å². The van der Waals surface area contributed by atoms with Crippen molar-refractivity contribution >= 4 is 44.7 Å². The van der Waals surface area contributed by atoms with Gasteiger partial charge in [0.05, 0.1) is 24.3 Å². The van der Waals surface area contributed by atoms with E-state index in [1.807, 2.05) is 7.05 Å². The Kier molecular flexibility index (Phi) is 5.17. The van der Waals surface area contributed by atoms with Crippen LogP contribution >= 0.6 is 27.7 Å². The molecule has 30 heavy (non-hydrogen) atoms. The Bertz CT molecular complexity index is 1200. The highest BCUT2D eigenvalue weighted by Crippen LogP contribution is 2.36. The van der Waals surface area contributed by atoms with E-state index in [0.717, 1.165) is 45.9 Å². The molecule has 0 N–H and O–H groups in total. The van der Waals surface area contributed by atoms with Gasteiger partial charge in [0.25, 0.3) is 0 Å². The zero-order valence-corrected chi connectivity index (χ0v) is 18.9. The normalized spacial score (nSPS) is 14.6. The number of fused-ring (bicyclic) bond motifs is 1. The molecule has 154 valence electrons. The van der Waals surface area contributed by atoms with Gasteiger partial charge in [0.1, 0.15) is 16.0 Å². The summed E-state index contributed by atoms with van der Waals surface area (Å²) in [5.41, 5.74) is 2.96. The largest absolute Gasteiger partial charge is 0.378 e. The maximum absolute atomic E-state index is 5.51. The molecule has 9 nitrogen and oxygen atoms in total. The molecule has 0 bridgehead atoms. The van der Waals surface area contributed by atoms with Gasteiger partial charge in [0, 0.05) is 20.1 Å². The van der Waals surface area contributed by atoms with Gasteiger partial charge in [0.2, 0.25) is 11.1 Å². The number of aromatic nitrogens is 7. The fourth-order valence-electron chi connectivity index (χ4n) is 3.40. The average Bonchev–Trinajstić information content (AvgIpc) is 3.30. The zero-order chi connectivity index (χ0) is 20.7. The van der Waals surface area contributed by atoms with Crippen LogP contribution in [0.15, 0.2) is 45.4 Å². The van der Waals surface area contributed by atoms with Crippen molar-refractivity contribution in [2.45, 2.75) is 17.1 Å². The number of ether oxygens (including phenoxy) is 1. The van der Waals surface area contributed by atoms with Crippen LogP contribution in [0.4, 0.5) is 5.95 Å². The van der Waals surface area contributed by atoms with Crippen molar-refractivity contribution in [2.75, 3.05) is 31.2 Å². The molecule has 4 aromatic rings. The van der Waals surface area contributed by atoms with E-state index in [2.05, 4.69) is 81.9 Å². The van der Waals surface area contributed by atoms with Gasteiger partial charge < -0.3 is 9.64 Å². The van der Waals surface area contributed by atoms with Gasteiger partial charge in [-0.25, -0.2) is 14.6 Å². The number of aryl methyl sites for hydroxylation is 2. The van der Waals surface area contributed by atoms with Crippen LogP contribution in [-0.2, 0) is 11.8 Å². The molecule has 0 atom stereocenters. The van der Waals surface area contributed by atoms with Crippen LogP contribution in [0.1, 0.15) is 5.56 Å². The van der Waals surface area contributed by atoms with E-state index in [0.29, 0.717) is 17.8 Å². The summed E-state index contributed by atoms with van der Waals surface area (Å²) in [4.78, 5) is 11.1. The van der Waals surface area contributed by atoms with E-state index >= 15 is 0 Å². The molecule has 1 aliphatic heterocycles. The number of morpholine rings is 1. The number of rotatable bonds is 4. The maximum atomic E-state index is 5.51. The standard InChI is InChI=1S/C19H19BrN8OS/c1-12-3-5-13(6-4-12)28-18(27-7-9-29-10-8-27)23-24-19(28)30-17-14-15(20)25-26(2)16(14)21-11-22-17/h3-6,11H,7-10H2,1-2H3. The lowest BCUT2D eigenvalue weighted by Gasteiger charge is -2.27. The predicted molar refractivity (Wildman–Crippen MR) is 117 cm³/mol. The maximum Gasteiger partial charge on any atom is 0.232 e. The first-order valence-electron chi connectivity index (χ1n) is 9.48. The molecule has 4 heterocycles. The molecule has 0 amide bonds. The van der Waals surface area contributed by atoms with Crippen LogP contribution in [0, 0.1) is 6.92 Å². The number of hydrogen-bond acceptors (Lipinski definition) is 8. The van der Waals surface area contributed by atoms with E-state index in [1.165, 1.54) is 17.3 Å². The van der Waals surface area contributed by atoms with Gasteiger partial charge in [-0.2, -0.15) is 5.10 Å². The highest BCUT2D eigenvalue weighted by Gasteiger charge is 2.24. The summed E-state index contributed by atoms with van der Waals surface area (Å²) in [6.45, 7) is 4.99. The molecule has 1 fully saturated rings. The van der Waals surface area contributed by atoms with E-state index in [9.17, 15) is 0 Å². The Morgan fingerprint density at radius 1 is 1.07 bits per heavy atom. The lowest BCUT2D eigenvalue weighted by atomic mass is 10.2. The quantitative estimate of drug-likeness (QED) is 0.406. The molecule has 1 aromatic carbocycles. The molecule has 3 aromatic heterocycles. The summed E-state index contributed by atoms with van der Waals surface area (Å²) in [6, 6.07) is 8.35. The molecular formula is C19H19BrN8OS. The van der Waals surface area contributed by atoms with Gasteiger partial charge in [0.15, 0.2) is 5.65 Å². The Labute approximate surface area is 185 Å². The van der Waals surface area contributed by atoms with Crippen molar-refractivity contribution in [3.05, 3.63) is 40.8 Å².